The van der Waals surface area contributed by atoms with Crippen LogP contribution in [0.4, 0.5) is 14.5 Å². The van der Waals surface area contributed by atoms with Gasteiger partial charge in [-0.25, -0.2) is 17.2 Å². The minimum absolute atomic E-state index is 0.0208. The lowest BCUT2D eigenvalue weighted by Crippen LogP contribution is -2.45. The van der Waals surface area contributed by atoms with E-state index in [2.05, 4.69) is 10.0 Å². The van der Waals surface area contributed by atoms with Crippen LogP contribution in [0.15, 0.2) is 138 Å². The molecule has 1 atom stereocenters. The number of sulfonamides is 1. The second kappa shape index (κ2) is 15.2. The van der Waals surface area contributed by atoms with Crippen LogP contribution in [0.1, 0.15) is 22.7 Å². The van der Waals surface area contributed by atoms with Gasteiger partial charge in [-0.15, -0.1) is 0 Å². The summed E-state index contributed by atoms with van der Waals surface area (Å²) in [4.78, 5) is 28.9. The second-order valence-corrected chi connectivity index (χ2v) is 12.2. The highest BCUT2D eigenvalue weighted by atomic mass is 32.2. The Kier molecular flexibility index (Phi) is 10.6. The van der Waals surface area contributed by atoms with E-state index in [9.17, 15) is 26.8 Å². The van der Waals surface area contributed by atoms with Crippen molar-refractivity contribution in [2.45, 2.75) is 24.0 Å². The van der Waals surface area contributed by atoms with Gasteiger partial charge in [0.25, 0.3) is 15.9 Å². The summed E-state index contributed by atoms with van der Waals surface area (Å²) >= 11 is 0. The third-order valence-electron chi connectivity index (χ3n) is 7.16. The Morgan fingerprint density at radius 1 is 0.702 bits per heavy atom. The fourth-order valence-corrected chi connectivity index (χ4v) is 5.83. The molecule has 5 aromatic rings. The number of carbonyl (C=O) groups is 2. The molecule has 5 rings (SSSR count). The number of nitrogens with zero attached hydrogens (tertiary/aromatic N) is 1. The molecule has 47 heavy (non-hydrogen) atoms. The number of ether oxygens (including phenoxy) is 1. The van der Waals surface area contributed by atoms with Gasteiger partial charge in [0.15, 0.2) is 6.61 Å². The fourth-order valence-electron chi connectivity index (χ4n) is 4.77. The molecular weight excluding hydrogens is 624 g/mol. The van der Waals surface area contributed by atoms with Crippen LogP contribution in [0, 0.1) is 11.6 Å². The van der Waals surface area contributed by atoms with Crippen molar-refractivity contribution in [3.8, 4) is 5.75 Å². The SMILES string of the molecule is O=C(NCc1ccccc1)C(c1ccccc1)N(Cc1ccc(F)cc1)C(=O)COc1ccc(S(=O)(=O)Nc2ccc(F)cc2)cc1. The molecule has 0 aromatic heterocycles. The summed E-state index contributed by atoms with van der Waals surface area (Å²) in [5, 5.41) is 2.93. The van der Waals surface area contributed by atoms with Crippen LogP contribution in [0.3, 0.4) is 0 Å². The van der Waals surface area contributed by atoms with E-state index in [0.29, 0.717) is 11.1 Å². The van der Waals surface area contributed by atoms with E-state index in [4.69, 9.17) is 4.74 Å². The maximum atomic E-state index is 13.8. The van der Waals surface area contributed by atoms with Crippen LogP contribution >= 0.6 is 0 Å². The highest BCUT2D eigenvalue weighted by Crippen LogP contribution is 2.25. The Morgan fingerprint density at radius 3 is 1.89 bits per heavy atom. The van der Waals surface area contributed by atoms with E-state index in [-0.39, 0.29) is 29.4 Å². The molecule has 1 unspecified atom stereocenters. The van der Waals surface area contributed by atoms with Gasteiger partial charge in [-0.2, -0.15) is 0 Å². The van der Waals surface area contributed by atoms with Crippen molar-refractivity contribution in [3.63, 3.8) is 0 Å². The molecule has 5 aromatic carbocycles. The molecule has 0 saturated heterocycles. The van der Waals surface area contributed by atoms with Crippen LogP contribution in [0.5, 0.6) is 5.75 Å². The standard InChI is InChI=1S/C36H31F2N3O5S/c37-29-13-11-27(12-14-29)24-41(35(28-9-5-2-6-10-28)36(43)39-23-26-7-3-1-4-8-26)34(42)25-46-32-19-21-33(22-20-32)47(44,45)40-31-17-15-30(38)16-18-31/h1-22,35,40H,23-25H2,(H,39,43). The smallest absolute Gasteiger partial charge is 0.261 e. The Morgan fingerprint density at radius 2 is 1.28 bits per heavy atom. The number of benzene rings is 5. The van der Waals surface area contributed by atoms with E-state index in [0.717, 1.165) is 17.7 Å². The molecule has 0 aliphatic carbocycles. The molecule has 2 amide bonds. The summed E-state index contributed by atoms with van der Waals surface area (Å²) in [6.07, 6.45) is 0. The van der Waals surface area contributed by atoms with E-state index >= 15 is 0 Å². The lowest BCUT2D eigenvalue weighted by atomic mass is 10.0. The average Bonchev–Trinajstić information content (AvgIpc) is 3.09. The van der Waals surface area contributed by atoms with Crippen molar-refractivity contribution in [3.05, 3.63) is 162 Å². The molecule has 8 nitrogen and oxygen atoms in total. The van der Waals surface area contributed by atoms with Crippen molar-refractivity contribution >= 4 is 27.5 Å². The first-order chi connectivity index (χ1) is 22.7. The van der Waals surface area contributed by atoms with Crippen LogP contribution < -0.4 is 14.8 Å². The third-order valence-corrected chi connectivity index (χ3v) is 8.56. The molecule has 0 aliphatic rings. The van der Waals surface area contributed by atoms with Crippen molar-refractivity contribution in [1.29, 1.82) is 0 Å². The average molecular weight is 656 g/mol. The Labute approximate surface area is 271 Å². The van der Waals surface area contributed by atoms with Crippen molar-refractivity contribution in [1.82, 2.24) is 10.2 Å². The first kappa shape index (κ1) is 32.8. The van der Waals surface area contributed by atoms with E-state index < -0.39 is 46.1 Å². The first-order valence-corrected chi connectivity index (χ1v) is 16.1. The maximum Gasteiger partial charge on any atom is 0.261 e. The van der Waals surface area contributed by atoms with Gasteiger partial charge in [-0.05, 0) is 77.4 Å². The normalized spacial score (nSPS) is 11.7. The zero-order valence-corrected chi connectivity index (χ0v) is 25.9. The van der Waals surface area contributed by atoms with Gasteiger partial charge in [0.2, 0.25) is 5.91 Å². The molecule has 11 heteroatoms. The molecular formula is C36H31F2N3O5S. The largest absolute Gasteiger partial charge is 0.484 e. The molecule has 0 spiro atoms. The minimum atomic E-state index is -3.98. The highest BCUT2D eigenvalue weighted by Gasteiger charge is 2.32. The Balaban J connectivity index is 1.35. The molecule has 0 aliphatic heterocycles. The van der Waals surface area contributed by atoms with E-state index in [1.807, 2.05) is 30.3 Å². The fraction of sp³-hybridized carbons (Fsp3) is 0.111. The van der Waals surface area contributed by atoms with Gasteiger partial charge < -0.3 is 15.0 Å². The molecule has 0 saturated carbocycles. The van der Waals surface area contributed by atoms with Gasteiger partial charge in [0, 0.05) is 18.8 Å². The topological polar surface area (TPSA) is 105 Å². The lowest BCUT2D eigenvalue weighted by molar-refractivity contribution is -0.143. The third kappa shape index (κ3) is 9.01. The van der Waals surface area contributed by atoms with Crippen LogP contribution in [-0.4, -0.2) is 31.7 Å². The van der Waals surface area contributed by atoms with Gasteiger partial charge >= 0.3 is 0 Å². The number of rotatable bonds is 13. The molecule has 0 fully saturated rings. The summed E-state index contributed by atoms with van der Waals surface area (Å²) < 4.78 is 60.6. The zero-order chi connectivity index (χ0) is 33.2. The number of anilines is 1. The van der Waals surface area contributed by atoms with E-state index in [1.165, 1.54) is 53.4 Å². The molecule has 0 heterocycles. The summed E-state index contributed by atoms with van der Waals surface area (Å²) in [6.45, 7) is -0.257. The van der Waals surface area contributed by atoms with Crippen LogP contribution in [0.25, 0.3) is 0 Å². The quantitative estimate of drug-likeness (QED) is 0.157. The Bertz CT molecular complexity index is 1890. The van der Waals surface area contributed by atoms with Gasteiger partial charge in [0.05, 0.1) is 4.90 Å². The number of amides is 2. The monoisotopic (exact) mass is 655 g/mol. The molecule has 0 radical (unpaired) electrons. The number of halogens is 2. The lowest BCUT2D eigenvalue weighted by Gasteiger charge is -2.31. The number of carbonyl (C=O) groups excluding carboxylic acids is 2. The second-order valence-electron chi connectivity index (χ2n) is 10.5. The summed E-state index contributed by atoms with van der Waals surface area (Å²) in [6, 6.07) is 33.1. The predicted molar refractivity (Wildman–Crippen MR) is 174 cm³/mol. The highest BCUT2D eigenvalue weighted by molar-refractivity contribution is 7.92. The van der Waals surface area contributed by atoms with Crippen molar-refractivity contribution < 1.29 is 31.5 Å². The zero-order valence-electron chi connectivity index (χ0n) is 25.1. The molecule has 2 N–H and O–H groups in total. The van der Waals surface area contributed by atoms with Crippen LogP contribution in [0.2, 0.25) is 0 Å². The summed E-state index contributed by atoms with van der Waals surface area (Å²) in [5.41, 5.74) is 2.24. The van der Waals surface area contributed by atoms with Crippen LogP contribution in [-0.2, 0) is 32.7 Å². The van der Waals surface area contributed by atoms with Crippen molar-refractivity contribution in [2.24, 2.45) is 0 Å². The maximum absolute atomic E-state index is 13.8. The molecule has 240 valence electrons. The van der Waals surface area contributed by atoms with Crippen molar-refractivity contribution in [2.75, 3.05) is 11.3 Å². The number of hydrogen-bond donors (Lipinski definition) is 2. The van der Waals surface area contributed by atoms with Gasteiger partial charge in [-0.3, -0.25) is 14.3 Å². The van der Waals surface area contributed by atoms with Gasteiger partial charge in [-0.1, -0.05) is 72.8 Å². The number of hydrogen-bond acceptors (Lipinski definition) is 5. The van der Waals surface area contributed by atoms with Gasteiger partial charge in [0.1, 0.15) is 23.4 Å². The summed E-state index contributed by atoms with van der Waals surface area (Å²) in [5.74, 6) is -1.67. The molecule has 0 bridgehead atoms. The number of nitrogens with one attached hydrogen (secondary N) is 2. The first-order valence-electron chi connectivity index (χ1n) is 14.6. The summed E-state index contributed by atoms with van der Waals surface area (Å²) in [7, 11) is -3.98. The minimum Gasteiger partial charge on any atom is -0.484 e. The van der Waals surface area contributed by atoms with E-state index in [1.54, 1.807) is 42.5 Å². The predicted octanol–water partition coefficient (Wildman–Crippen LogP) is 6.23. The Hall–Kier alpha value is -5.55.